The molecule has 0 bridgehead atoms. The average Bonchev–Trinajstić information content (AvgIpc) is 3.03. The molecule has 0 atom stereocenters. The van der Waals surface area contributed by atoms with Gasteiger partial charge < -0.3 is 14.8 Å². The maximum absolute atomic E-state index is 5.46. The van der Waals surface area contributed by atoms with Crippen LogP contribution in [0.5, 0.6) is 5.75 Å². The summed E-state index contributed by atoms with van der Waals surface area (Å²) >= 11 is 1.75. The number of morpholine rings is 1. The quantitative estimate of drug-likeness (QED) is 0.637. The molecule has 154 valence electrons. The monoisotopic (exact) mass is 412 g/mol. The van der Waals surface area contributed by atoms with Crippen LogP contribution in [0.1, 0.15) is 21.8 Å². The maximum Gasteiger partial charge on any atom is 0.146 e. The maximum atomic E-state index is 5.46. The Hall–Kier alpha value is -2.22. The zero-order valence-corrected chi connectivity index (χ0v) is 18.1. The van der Waals surface area contributed by atoms with Crippen molar-refractivity contribution in [3.63, 3.8) is 0 Å². The van der Waals surface area contributed by atoms with Gasteiger partial charge in [-0.1, -0.05) is 12.1 Å². The first kappa shape index (κ1) is 20.1. The van der Waals surface area contributed by atoms with Crippen LogP contribution < -0.4 is 10.1 Å². The molecule has 1 fully saturated rings. The van der Waals surface area contributed by atoms with Crippen molar-refractivity contribution in [2.75, 3.05) is 45.3 Å². The minimum absolute atomic E-state index is 0.766. The van der Waals surface area contributed by atoms with E-state index >= 15 is 0 Å². The SMILES string of the molecule is COc1ccc(CCNc2nc(CN3CCOCC3)nc3sc(C)c(C)c23)cc1. The number of methoxy groups -OCH3 is 1. The van der Waals surface area contributed by atoms with Gasteiger partial charge in [0, 0.05) is 24.5 Å². The molecule has 1 aromatic carbocycles. The van der Waals surface area contributed by atoms with Gasteiger partial charge in [0.2, 0.25) is 0 Å². The summed E-state index contributed by atoms with van der Waals surface area (Å²) in [6, 6.07) is 8.23. The zero-order chi connectivity index (χ0) is 20.2. The van der Waals surface area contributed by atoms with E-state index in [0.717, 1.165) is 73.4 Å². The van der Waals surface area contributed by atoms with Gasteiger partial charge in [0.1, 0.15) is 22.2 Å². The van der Waals surface area contributed by atoms with E-state index in [-0.39, 0.29) is 0 Å². The second-order valence-electron chi connectivity index (χ2n) is 7.37. The number of benzene rings is 1. The van der Waals surface area contributed by atoms with Crippen molar-refractivity contribution >= 4 is 27.4 Å². The summed E-state index contributed by atoms with van der Waals surface area (Å²) < 4.78 is 10.7. The number of fused-ring (bicyclic) bond motifs is 1. The van der Waals surface area contributed by atoms with Gasteiger partial charge in [0.25, 0.3) is 0 Å². The molecule has 6 nitrogen and oxygen atoms in total. The molecule has 1 aliphatic heterocycles. The van der Waals surface area contributed by atoms with Gasteiger partial charge in [-0.25, -0.2) is 9.97 Å². The predicted molar refractivity (Wildman–Crippen MR) is 118 cm³/mol. The first-order valence-corrected chi connectivity index (χ1v) is 10.9. The lowest BCUT2D eigenvalue weighted by molar-refractivity contribution is 0.0331. The number of thiophene rings is 1. The number of nitrogens with one attached hydrogen (secondary N) is 1. The van der Waals surface area contributed by atoms with E-state index in [9.17, 15) is 0 Å². The lowest BCUT2D eigenvalue weighted by atomic mass is 10.1. The number of nitrogens with zero attached hydrogens (tertiary/aromatic N) is 3. The molecule has 1 saturated heterocycles. The van der Waals surface area contributed by atoms with Gasteiger partial charge in [-0.15, -0.1) is 11.3 Å². The smallest absolute Gasteiger partial charge is 0.146 e. The second kappa shape index (κ2) is 9.07. The van der Waals surface area contributed by atoms with E-state index in [1.807, 2.05) is 12.1 Å². The Bertz CT molecular complexity index is 965. The molecule has 2 aromatic heterocycles. The van der Waals surface area contributed by atoms with Crippen molar-refractivity contribution in [3.05, 3.63) is 46.1 Å². The Kier molecular flexibility index (Phi) is 6.28. The number of anilines is 1. The zero-order valence-electron chi connectivity index (χ0n) is 17.3. The van der Waals surface area contributed by atoms with E-state index in [1.54, 1.807) is 18.4 Å². The average molecular weight is 413 g/mol. The number of aromatic nitrogens is 2. The van der Waals surface area contributed by atoms with E-state index in [1.165, 1.54) is 16.0 Å². The fourth-order valence-corrected chi connectivity index (χ4v) is 4.62. The highest BCUT2D eigenvalue weighted by atomic mass is 32.1. The van der Waals surface area contributed by atoms with Gasteiger partial charge in [-0.05, 0) is 43.5 Å². The van der Waals surface area contributed by atoms with Crippen LogP contribution in [-0.2, 0) is 17.7 Å². The molecule has 29 heavy (non-hydrogen) atoms. The van der Waals surface area contributed by atoms with Gasteiger partial charge in [-0.2, -0.15) is 0 Å². The largest absolute Gasteiger partial charge is 0.497 e. The molecule has 4 rings (SSSR count). The summed E-state index contributed by atoms with van der Waals surface area (Å²) in [5.74, 6) is 2.72. The molecule has 0 saturated carbocycles. The molecule has 0 amide bonds. The van der Waals surface area contributed by atoms with Crippen LogP contribution in [0.4, 0.5) is 5.82 Å². The van der Waals surface area contributed by atoms with Crippen molar-refractivity contribution in [1.82, 2.24) is 14.9 Å². The van der Waals surface area contributed by atoms with Gasteiger partial charge in [0.15, 0.2) is 0 Å². The summed E-state index contributed by atoms with van der Waals surface area (Å²) in [5.41, 5.74) is 2.55. The first-order valence-electron chi connectivity index (χ1n) is 10.1. The van der Waals surface area contributed by atoms with Crippen molar-refractivity contribution in [2.24, 2.45) is 0 Å². The van der Waals surface area contributed by atoms with Crippen LogP contribution in [0.2, 0.25) is 0 Å². The number of aryl methyl sites for hydroxylation is 2. The highest BCUT2D eigenvalue weighted by molar-refractivity contribution is 7.18. The Morgan fingerprint density at radius 2 is 1.90 bits per heavy atom. The van der Waals surface area contributed by atoms with E-state index < -0.39 is 0 Å². The Morgan fingerprint density at radius 3 is 2.62 bits per heavy atom. The molecule has 0 aliphatic carbocycles. The Labute approximate surface area is 175 Å². The third-order valence-electron chi connectivity index (χ3n) is 5.41. The topological polar surface area (TPSA) is 59.5 Å². The molecule has 1 aliphatic rings. The number of rotatable bonds is 7. The van der Waals surface area contributed by atoms with Crippen molar-refractivity contribution in [1.29, 1.82) is 0 Å². The van der Waals surface area contributed by atoms with Gasteiger partial charge in [0.05, 0.1) is 32.3 Å². The molecular weight excluding hydrogens is 384 g/mol. The third-order valence-corrected chi connectivity index (χ3v) is 6.51. The minimum Gasteiger partial charge on any atom is -0.497 e. The minimum atomic E-state index is 0.766. The summed E-state index contributed by atoms with van der Waals surface area (Å²) in [4.78, 5) is 14.5. The summed E-state index contributed by atoms with van der Waals surface area (Å²) in [7, 11) is 1.69. The number of hydrogen-bond donors (Lipinski definition) is 1. The molecule has 0 radical (unpaired) electrons. The predicted octanol–water partition coefficient (Wildman–Crippen LogP) is 3.80. The highest BCUT2D eigenvalue weighted by Crippen LogP contribution is 2.33. The van der Waals surface area contributed by atoms with Crippen LogP contribution in [0.15, 0.2) is 24.3 Å². The van der Waals surface area contributed by atoms with Crippen LogP contribution in [-0.4, -0.2) is 54.8 Å². The Morgan fingerprint density at radius 1 is 1.14 bits per heavy atom. The summed E-state index contributed by atoms with van der Waals surface area (Å²) in [5, 5.41) is 4.74. The van der Waals surface area contributed by atoms with Crippen molar-refractivity contribution in [3.8, 4) is 5.75 Å². The normalized spacial score (nSPS) is 15.0. The molecule has 3 aromatic rings. The summed E-state index contributed by atoms with van der Waals surface area (Å²) in [6.45, 7) is 9.34. The Balaban J connectivity index is 1.52. The third kappa shape index (κ3) is 4.69. The van der Waals surface area contributed by atoms with E-state index in [0.29, 0.717) is 0 Å². The molecule has 0 spiro atoms. The molecule has 7 heteroatoms. The molecule has 0 unspecified atom stereocenters. The van der Waals surface area contributed by atoms with Crippen molar-refractivity contribution < 1.29 is 9.47 Å². The molecule has 1 N–H and O–H groups in total. The van der Waals surface area contributed by atoms with Crippen LogP contribution in [0.3, 0.4) is 0 Å². The lowest BCUT2D eigenvalue weighted by Gasteiger charge is -2.25. The van der Waals surface area contributed by atoms with E-state index in [4.69, 9.17) is 19.4 Å². The van der Waals surface area contributed by atoms with Crippen LogP contribution >= 0.6 is 11.3 Å². The second-order valence-corrected chi connectivity index (χ2v) is 8.57. The molecule has 3 heterocycles. The fraction of sp³-hybridized carbons (Fsp3) is 0.455. The fourth-order valence-electron chi connectivity index (χ4n) is 3.57. The molecular formula is C22H28N4O2S. The lowest BCUT2D eigenvalue weighted by Crippen LogP contribution is -2.36. The van der Waals surface area contributed by atoms with Crippen LogP contribution in [0, 0.1) is 13.8 Å². The number of hydrogen-bond acceptors (Lipinski definition) is 7. The van der Waals surface area contributed by atoms with Gasteiger partial charge in [-0.3, -0.25) is 4.90 Å². The van der Waals surface area contributed by atoms with Crippen LogP contribution in [0.25, 0.3) is 10.2 Å². The van der Waals surface area contributed by atoms with Gasteiger partial charge >= 0.3 is 0 Å². The van der Waals surface area contributed by atoms with Crippen molar-refractivity contribution in [2.45, 2.75) is 26.8 Å². The standard InChI is InChI=1S/C22H28N4O2S/c1-15-16(2)29-22-20(15)21(23-9-8-17-4-6-18(27-3)7-5-17)24-19(25-22)14-26-10-12-28-13-11-26/h4-7H,8-14H2,1-3H3,(H,23,24,25). The summed E-state index contributed by atoms with van der Waals surface area (Å²) in [6.07, 6.45) is 0.927. The first-order chi connectivity index (χ1) is 14.1. The highest BCUT2D eigenvalue weighted by Gasteiger charge is 2.17. The van der Waals surface area contributed by atoms with E-state index in [2.05, 4.69) is 36.2 Å². The number of ether oxygens (including phenoxy) is 2.